The molecular formula is C16H22FNS. The molecule has 0 aliphatic heterocycles. The van der Waals surface area contributed by atoms with Gasteiger partial charge in [0.25, 0.3) is 0 Å². The van der Waals surface area contributed by atoms with Gasteiger partial charge in [-0.2, -0.15) is 0 Å². The third-order valence-electron chi connectivity index (χ3n) is 3.47. The Kier molecular flexibility index (Phi) is 5.93. The highest BCUT2D eigenvalue weighted by atomic mass is 32.2. The molecule has 0 radical (unpaired) electrons. The number of hydrogen-bond donors (Lipinski definition) is 1. The van der Waals surface area contributed by atoms with Crippen molar-refractivity contribution in [2.45, 2.75) is 43.5 Å². The van der Waals surface area contributed by atoms with Crippen molar-refractivity contribution in [3.8, 4) is 0 Å². The number of nitrogens with one attached hydrogen (secondary N) is 1. The third kappa shape index (κ3) is 4.36. The number of thioether (sulfide) groups is 1. The number of likely N-dealkylation sites (N-methyl/N-ethyl adjacent to an activating group) is 1. The van der Waals surface area contributed by atoms with Gasteiger partial charge in [0, 0.05) is 16.7 Å². The second kappa shape index (κ2) is 7.71. The van der Waals surface area contributed by atoms with E-state index in [0.29, 0.717) is 6.04 Å². The van der Waals surface area contributed by atoms with Crippen LogP contribution < -0.4 is 5.32 Å². The summed E-state index contributed by atoms with van der Waals surface area (Å²) in [5.74, 6) is 0.793. The average molecular weight is 279 g/mol. The van der Waals surface area contributed by atoms with E-state index in [4.69, 9.17) is 0 Å². The van der Waals surface area contributed by atoms with Crippen LogP contribution in [0.1, 0.15) is 32.6 Å². The monoisotopic (exact) mass is 279 g/mol. The predicted octanol–water partition coefficient (Wildman–Crippen LogP) is 4.40. The van der Waals surface area contributed by atoms with Crippen molar-refractivity contribution >= 4 is 11.8 Å². The Morgan fingerprint density at radius 2 is 2.16 bits per heavy atom. The zero-order valence-electron chi connectivity index (χ0n) is 11.5. The first-order valence-electron chi connectivity index (χ1n) is 7.11. The highest BCUT2D eigenvalue weighted by Gasteiger charge is 2.16. The van der Waals surface area contributed by atoms with Gasteiger partial charge in [-0.3, -0.25) is 0 Å². The van der Waals surface area contributed by atoms with E-state index in [2.05, 4.69) is 18.3 Å². The SMILES string of the molecule is CCNC(CSc1ccccc1F)C1=CCCCC1. The van der Waals surface area contributed by atoms with Crippen LogP contribution in [0.5, 0.6) is 0 Å². The molecule has 0 fully saturated rings. The molecule has 0 saturated heterocycles. The van der Waals surface area contributed by atoms with Gasteiger partial charge in [0.2, 0.25) is 0 Å². The molecule has 1 atom stereocenters. The summed E-state index contributed by atoms with van der Waals surface area (Å²) < 4.78 is 13.6. The predicted molar refractivity (Wildman–Crippen MR) is 81.1 cm³/mol. The molecule has 1 unspecified atom stereocenters. The van der Waals surface area contributed by atoms with Crippen LogP contribution in [0.2, 0.25) is 0 Å². The van der Waals surface area contributed by atoms with Crippen LogP contribution in [0.3, 0.4) is 0 Å². The standard InChI is InChI=1S/C16H22FNS/c1-2-18-15(13-8-4-3-5-9-13)12-19-16-11-7-6-10-14(16)17/h6-8,10-11,15,18H,2-5,9,12H2,1H3. The molecule has 104 valence electrons. The fourth-order valence-electron chi connectivity index (χ4n) is 2.46. The lowest BCUT2D eigenvalue weighted by Gasteiger charge is -2.24. The van der Waals surface area contributed by atoms with Gasteiger partial charge in [-0.05, 0) is 44.4 Å². The van der Waals surface area contributed by atoms with Crippen LogP contribution in [0.4, 0.5) is 4.39 Å². The minimum atomic E-state index is -0.111. The second-order valence-electron chi connectivity index (χ2n) is 4.88. The Morgan fingerprint density at radius 1 is 1.32 bits per heavy atom. The van der Waals surface area contributed by atoms with Crippen molar-refractivity contribution in [3.05, 3.63) is 41.7 Å². The molecule has 3 heteroatoms. The zero-order valence-corrected chi connectivity index (χ0v) is 12.3. The fraction of sp³-hybridized carbons (Fsp3) is 0.500. The highest BCUT2D eigenvalue weighted by Crippen LogP contribution is 2.27. The highest BCUT2D eigenvalue weighted by molar-refractivity contribution is 7.99. The van der Waals surface area contributed by atoms with E-state index in [1.807, 2.05) is 12.1 Å². The normalized spacial score (nSPS) is 17.1. The summed E-state index contributed by atoms with van der Waals surface area (Å²) in [5.41, 5.74) is 1.51. The molecular weight excluding hydrogens is 257 g/mol. The first kappa shape index (κ1) is 14.6. The summed E-state index contributed by atoms with van der Waals surface area (Å²) in [6.07, 6.45) is 7.36. The summed E-state index contributed by atoms with van der Waals surface area (Å²) in [7, 11) is 0. The van der Waals surface area contributed by atoms with E-state index < -0.39 is 0 Å². The molecule has 1 aromatic rings. The lowest BCUT2D eigenvalue weighted by molar-refractivity contribution is 0.578. The first-order valence-corrected chi connectivity index (χ1v) is 8.09. The van der Waals surface area contributed by atoms with Gasteiger partial charge in [0.15, 0.2) is 0 Å². The summed E-state index contributed by atoms with van der Waals surface area (Å²) in [6.45, 7) is 3.09. The number of halogens is 1. The van der Waals surface area contributed by atoms with E-state index in [1.165, 1.54) is 37.3 Å². The van der Waals surface area contributed by atoms with Crippen molar-refractivity contribution in [2.24, 2.45) is 0 Å². The van der Waals surface area contributed by atoms with Crippen LogP contribution in [0.25, 0.3) is 0 Å². The van der Waals surface area contributed by atoms with Crippen LogP contribution >= 0.6 is 11.8 Å². The molecule has 0 aromatic heterocycles. The summed E-state index contributed by atoms with van der Waals surface area (Å²) in [6, 6.07) is 7.41. The molecule has 0 heterocycles. The third-order valence-corrected chi connectivity index (χ3v) is 4.61. The maximum absolute atomic E-state index is 13.6. The lowest BCUT2D eigenvalue weighted by atomic mass is 9.95. The van der Waals surface area contributed by atoms with Crippen LogP contribution in [0.15, 0.2) is 40.8 Å². The Bertz CT molecular complexity index is 431. The summed E-state index contributed by atoms with van der Waals surface area (Å²) >= 11 is 1.61. The minimum absolute atomic E-state index is 0.111. The molecule has 1 aliphatic carbocycles. The van der Waals surface area contributed by atoms with Gasteiger partial charge >= 0.3 is 0 Å². The van der Waals surface area contributed by atoms with Crippen LogP contribution in [0, 0.1) is 5.82 Å². The molecule has 0 saturated carbocycles. The minimum Gasteiger partial charge on any atom is -0.310 e. The van der Waals surface area contributed by atoms with Crippen LogP contribution in [-0.2, 0) is 0 Å². The molecule has 1 aromatic carbocycles. The van der Waals surface area contributed by atoms with Crippen LogP contribution in [-0.4, -0.2) is 18.3 Å². The van der Waals surface area contributed by atoms with Gasteiger partial charge < -0.3 is 5.32 Å². The first-order chi connectivity index (χ1) is 9.31. The van der Waals surface area contributed by atoms with E-state index in [-0.39, 0.29) is 5.82 Å². The van der Waals surface area contributed by atoms with Gasteiger partial charge in [0.05, 0.1) is 0 Å². The second-order valence-corrected chi connectivity index (χ2v) is 5.94. The zero-order chi connectivity index (χ0) is 13.5. The molecule has 0 amide bonds. The van der Waals surface area contributed by atoms with E-state index in [1.54, 1.807) is 17.8 Å². The van der Waals surface area contributed by atoms with Crippen molar-refractivity contribution < 1.29 is 4.39 Å². The van der Waals surface area contributed by atoms with Gasteiger partial charge in [-0.1, -0.05) is 30.7 Å². The molecule has 19 heavy (non-hydrogen) atoms. The molecule has 1 N–H and O–H groups in total. The fourth-order valence-corrected chi connectivity index (χ4v) is 3.52. The van der Waals surface area contributed by atoms with E-state index in [0.717, 1.165) is 17.2 Å². The summed E-state index contributed by atoms with van der Waals surface area (Å²) in [5, 5.41) is 3.53. The molecule has 0 bridgehead atoms. The molecule has 1 aliphatic rings. The van der Waals surface area contributed by atoms with Crippen molar-refractivity contribution in [3.63, 3.8) is 0 Å². The Hall–Kier alpha value is -0.800. The van der Waals surface area contributed by atoms with Crippen molar-refractivity contribution in [2.75, 3.05) is 12.3 Å². The maximum atomic E-state index is 13.6. The van der Waals surface area contributed by atoms with E-state index >= 15 is 0 Å². The quantitative estimate of drug-likeness (QED) is 0.612. The molecule has 2 rings (SSSR count). The smallest absolute Gasteiger partial charge is 0.136 e. The van der Waals surface area contributed by atoms with Gasteiger partial charge in [-0.25, -0.2) is 4.39 Å². The number of hydrogen-bond acceptors (Lipinski definition) is 2. The average Bonchev–Trinajstić information content (AvgIpc) is 2.46. The molecule has 1 nitrogen and oxygen atoms in total. The Morgan fingerprint density at radius 3 is 2.84 bits per heavy atom. The van der Waals surface area contributed by atoms with Crippen molar-refractivity contribution in [1.82, 2.24) is 5.32 Å². The largest absolute Gasteiger partial charge is 0.310 e. The van der Waals surface area contributed by atoms with Gasteiger partial charge in [-0.15, -0.1) is 11.8 Å². The summed E-state index contributed by atoms with van der Waals surface area (Å²) in [4.78, 5) is 0.752. The van der Waals surface area contributed by atoms with Gasteiger partial charge in [0.1, 0.15) is 5.82 Å². The maximum Gasteiger partial charge on any atom is 0.136 e. The topological polar surface area (TPSA) is 12.0 Å². The number of allylic oxidation sites excluding steroid dienone is 1. The number of rotatable bonds is 6. The Balaban J connectivity index is 1.97. The number of benzene rings is 1. The molecule has 0 spiro atoms. The van der Waals surface area contributed by atoms with Crippen molar-refractivity contribution in [1.29, 1.82) is 0 Å². The lowest BCUT2D eigenvalue weighted by Crippen LogP contribution is -2.33. The Labute approximate surface area is 119 Å². The van der Waals surface area contributed by atoms with E-state index in [9.17, 15) is 4.39 Å².